The molecule has 0 aliphatic carbocycles. The molecule has 0 radical (unpaired) electrons. The summed E-state index contributed by atoms with van der Waals surface area (Å²) < 4.78 is 111. The van der Waals surface area contributed by atoms with Gasteiger partial charge in [0, 0.05) is 24.7 Å². The summed E-state index contributed by atoms with van der Waals surface area (Å²) in [5.41, 5.74) is -0.903. The molecule has 2 aromatic carbocycles. The Bertz CT molecular complexity index is 1060. The second-order valence-electron chi connectivity index (χ2n) is 7.19. The molecule has 0 saturated carbocycles. The van der Waals surface area contributed by atoms with Crippen molar-refractivity contribution in [2.24, 2.45) is 5.92 Å². The number of esters is 1. The van der Waals surface area contributed by atoms with Gasteiger partial charge in [0.25, 0.3) is 0 Å². The van der Waals surface area contributed by atoms with Crippen molar-refractivity contribution in [1.29, 1.82) is 0 Å². The van der Waals surface area contributed by atoms with Gasteiger partial charge in [-0.25, -0.2) is 21.6 Å². The summed E-state index contributed by atoms with van der Waals surface area (Å²) in [5, 5.41) is 0. The zero-order valence-corrected chi connectivity index (χ0v) is 17.1. The number of benzene rings is 2. The molecule has 174 valence electrons. The third kappa shape index (κ3) is 5.41. The van der Waals surface area contributed by atoms with E-state index < -0.39 is 57.2 Å². The molecule has 0 N–H and O–H groups in total. The highest BCUT2D eigenvalue weighted by atomic mass is 32.2. The lowest BCUT2D eigenvalue weighted by atomic mass is 9.98. The van der Waals surface area contributed by atoms with Crippen molar-refractivity contribution in [2.45, 2.75) is 30.0 Å². The highest BCUT2D eigenvalue weighted by molar-refractivity contribution is 7.89. The highest BCUT2D eigenvalue weighted by Crippen LogP contribution is 2.38. The van der Waals surface area contributed by atoms with E-state index in [1.807, 2.05) is 0 Å². The molecule has 3 rings (SSSR count). The number of sulfonamides is 1. The van der Waals surface area contributed by atoms with E-state index in [0.29, 0.717) is 18.2 Å². The number of nitrogens with zero attached hydrogens (tertiary/aromatic N) is 1. The van der Waals surface area contributed by atoms with E-state index in [9.17, 15) is 39.6 Å². The van der Waals surface area contributed by atoms with Crippen molar-refractivity contribution in [3.63, 3.8) is 0 Å². The molecule has 1 aliphatic heterocycles. The fourth-order valence-electron chi connectivity index (χ4n) is 3.35. The fourth-order valence-corrected chi connectivity index (χ4v) is 4.82. The SMILES string of the molecule is O=C(O[C@H](c1cc(F)cc(F)c1)C(F)(F)F)C1CCN(S(=O)(=O)c2ccc(F)cc2)CC1. The Morgan fingerprint density at radius 3 is 1.97 bits per heavy atom. The third-order valence-electron chi connectivity index (χ3n) is 4.96. The van der Waals surface area contributed by atoms with E-state index in [2.05, 4.69) is 4.74 Å². The Kier molecular flexibility index (Phi) is 6.84. The molecule has 0 bridgehead atoms. The molecule has 2 aromatic rings. The summed E-state index contributed by atoms with van der Waals surface area (Å²) in [6.45, 7) is -0.352. The van der Waals surface area contributed by atoms with Gasteiger partial charge in [0.1, 0.15) is 17.5 Å². The van der Waals surface area contributed by atoms with Gasteiger partial charge in [-0.05, 0) is 49.2 Å². The molecule has 5 nitrogen and oxygen atoms in total. The van der Waals surface area contributed by atoms with E-state index >= 15 is 0 Å². The highest BCUT2D eigenvalue weighted by Gasteiger charge is 2.46. The van der Waals surface area contributed by atoms with E-state index in [1.54, 1.807) is 0 Å². The maximum absolute atomic E-state index is 13.4. The van der Waals surface area contributed by atoms with Gasteiger partial charge in [-0.3, -0.25) is 4.79 Å². The number of alkyl halides is 3. The summed E-state index contributed by atoms with van der Waals surface area (Å²) in [6, 6.07) is 5.34. The number of hydrogen-bond acceptors (Lipinski definition) is 4. The van der Waals surface area contributed by atoms with Gasteiger partial charge in [-0.2, -0.15) is 17.5 Å². The lowest BCUT2D eigenvalue weighted by molar-refractivity contribution is -0.226. The molecule has 1 heterocycles. The average molecular weight is 481 g/mol. The third-order valence-corrected chi connectivity index (χ3v) is 6.87. The van der Waals surface area contributed by atoms with Crippen molar-refractivity contribution in [2.75, 3.05) is 13.1 Å². The second kappa shape index (κ2) is 9.10. The maximum atomic E-state index is 13.4. The van der Waals surface area contributed by atoms with Crippen LogP contribution in [0, 0.1) is 23.4 Å². The summed E-state index contributed by atoms with van der Waals surface area (Å²) in [4.78, 5) is 12.2. The Morgan fingerprint density at radius 1 is 0.938 bits per heavy atom. The molecule has 0 spiro atoms. The van der Waals surface area contributed by atoms with Gasteiger partial charge in [0.05, 0.1) is 10.8 Å². The summed E-state index contributed by atoms with van der Waals surface area (Å²) in [7, 11) is -3.98. The van der Waals surface area contributed by atoms with E-state index in [0.717, 1.165) is 28.6 Å². The number of piperidine rings is 1. The number of carbonyl (C=O) groups is 1. The molecular formula is C20H17F6NO4S. The molecule has 0 amide bonds. The monoisotopic (exact) mass is 481 g/mol. The minimum Gasteiger partial charge on any atom is -0.447 e. The maximum Gasteiger partial charge on any atom is 0.429 e. The fraction of sp³-hybridized carbons (Fsp3) is 0.350. The van der Waals surface area contributed by atoms with Crippen molar-refractivity contribution in [3.05, 3.63) is 65.5 Å². The minimum absolute atomic E-state index is 0.124. The van der Waals surface area contributed by atoms with E-state index in [4.69, 9.17) is 0 Å². The van der Waals surface area contributed by atoms with Crippen LogP contribution in [0.3, 0.4) is 0 Å². The molecule has 1 fully saturated rings. The van der Waals surface area contributed by atoms with E-state index in [-0.39, 0.29) is 30.8 Å². The largest absolute Gasteiger partial charge is 0.447 e. The first-order chi connectivity index (χ1) is 14.9. The predicted octanol–water partition coefficient (Wildman–Crippen LogP) is 4.35. The number of carbonyl (C=O) groups excluding carboxylic acids is 1. The summed E-state index contributed by atoms with van der Waals surface area (Å²) >= 11 is 0. The average Bonchev–Trinajstić information content (AvgIpc) is 2.70. The summed E-state index contributed by atoms with van der Waals surface area (Å²) in [5.74, 6) is -5.44. The molecule has 12 heteroatoms. The van der Waals surface area contributed by atoms with Crippen LogP contribution in [0.2, 0.25) is 0 Å². The number of halogens is 6. The topological polar surface area (TPSA) is 63.7 Å². The molecule has 32 heavy (non-hydrogen) atoms. The van der Waals surface area contributed by atoms with Gasteiger partial charge >= 0.3 is 12.1 Å². The van der Waals surface area contributed by atoms with Crippen LogP contribution in [0.4, 0.5) is 26.3 Å². The molecule has 0 aromatic heterocycles. The lowest BCUT2D eigenvalue weighted by Crippen LogP contribution is -2.41. The minimum atomic E-state index is -5.12. The molecular weight excluding hydrogens is 464 g/mol. The molecule has 0 unspecified atom stereocenters. The van der Waals surface area contributed by atoms with Crippen molar-refractivity contribution < 1.29 is 44.3 Å². The Hall–Kier alpha value is -2.60. The molecule has 1 atom stereocenters. The lowest BCUT2D eigenvalue weighted by Gasteiger charge is -2.31. The molecule has 1 saturated heterocycles. The van der Waals surface area contributed by atoms with Crippen LogP contribution in [0.25, 0.3) is 0 Å². The van der Waals surface area contributed by atoms with Crippen LogP contribution in [0.5, 0.6) is 0 Å². The first kappa shape index (κ1) is 24.1. The molecule has 1 aliphatic rings. The van der Waals surface area contributed by atoms with Crippen LogP contribution in [-0.4, -0.2) is 38.0 Å². The van der Waals surface area contributed by atoms with Crippen molar-refractivity contribution in [3.8, 4) is 0 Å². The second-order valence-corrected chi connectivity index (χ2v) is 9.13. The normalized spacial score (nSPS) is 17.2. The van der Waals surface area contributed by atoms with Gasteiger partial charge in [0.2, 0.25) is 16.1 Å². The summed E-state index contributed by atoms with van der Waals surface area (Å²) in [6.07, 6.45) is -8.24. The first-order valence-corrected chi connectivity index (χ1v) is 10.8. The Labute approximate surface area is 179 Å². The van der Waals surface area contributed by atoms with Crippen LogP contribution >= 0.6 is 0 Å². The Morgan fingerprint density at radius 2 is 1.47 bits per heavy atom. The standard InChI is InChI=1S/C20H17F6NO4S/c21-14-1-3-17(4-2-14)32(29,30)27-7-5-12(6-8-27)19(28)31-18(20(24,25)26)13-9-15(22)11-16(23)10-13/h1-4,9-12,18H,5-8H2/t18-/m1/s1. The zero-order valence-electron chi connectivity index (χ0n) is 16.3. The van der Waals surface area contributed by atoms with Crippen molar-refractivity contribution >= 4 is 16.0 Å². The quantitative estimate of drug-likeness (QED) is 0.471. The first-order valence-electron chi connectivity index (χ1n) is 9.37. The van der Waals surface area contributed by atoms with Crippen molar-refractivity contribution in [1.82, 2.24) is 4.31 Å². The van der Waals surface area contributed by atoms with Gasteiger partial charge in [-0.1, -0.05) is 0 Å². The smallest absolute Gasteiger partial charge is 0.429 e. The zero-order chi connectivity index (χ0) is 23.7. The number of ether oxygens (including phenoxy) is 1. The van der Waals surface area contributed by atoms with Crippen LogP contribution < -0.4 is 0 Å². The van der Waals surface area contributed by atoms with Crippen LogP contribution in [0.15, 0.2) is 47.4 Å². The van der Waals surface area contributed by atoms with Gasteiger partial charge in [0.15, 0.2) is 0 Å². The van der Waals surface area contributed by atoms with Crippen LogP contribution in [-0.2, 0) is 19.6 Å². The van der Waals surface area contributed by atoms with Gasteiger partial charge in [-0.15, -0.1) is 0 Å². The van der Waals surface area contributed by atoms with E-state index in [1.165, 1.54) is 0 Å². The predicted molar refractivity (Wildman–Crippen MR) is 99.1 cm³/mol. The Balaban J connectivity index is 1.69. The number of rotatable bonds is 5. The number of hydrogen-bond donors (Lipinski definition) is 0. The van der Waals surface area contributed by atoms with Gasteiger partial charge < -0.3 is 4.74 Å². The van der Waals surface area contributed by atoms with Crippen LogP contribution in [0.1, 0.15) is 24.5 Å².